The van der Waals surface area contributed by atoms with Gasteiger partial charge in [-0.1, -0.05) is 37.3 Å². The Hall–Kier alpha value is -3.81. The Balaban J connectivity index is 1.39. The molecule has 8 heteroatoms. The van der Waals surface area contributed by atoms with Crippen molar-refractivity contribution in [3.63, 3.8) is 0 Å². The van der Waals surface area contributed by atoms with Crippen LogP contribution in [-0.2, 0) is 6.42 Å². The summed E-state index contributed by atoms with van der Waals surface area (Å²) in [7, 11) is 0. The van der Waals surface area contributed by atoms with Crippen molar-refractivity contribution in [2.45, 2.75) is 25.8 Å². The number of urea groups is 1. The van der Waals surface area contributed by atoms with Gasteiger partial charge in [0.15, 0.2) is 23.2 Å². The van der Waals surface area contributed by atoms with E-state index in [0.29, 0.717) is 36.3 Å². The molecule has 0 unspecified atom stereocenters. The number of amides is 2. The van der Waals surface area contributed by atoms with Crippen LogP contribution in [0.25, 0.3) is 11.4 Å². The summed E-state index contributed by atoms with van der Waals surface area (Å²) in [5.41, 5.74) is 2.88. The van der Waals surface area contributed by atoms with Gasteiger partial charge in [0.1, 0.15) is 11.5 Å². The fourth-order valence-electron chi connectivity index (χ4n) is 4.50. The molecule has 2 aromatic carbocycles. The number of carbonyl (C=O) groups excluding carboxylic acids is 1. The zero-order valence-electron chi connectivity index (χ0n) is 17.7. The minimum absolute atomic E-state index is 0.0167. The molecule has 3 aliphatic heterocycles. The molecule has 0 spiro atoms. The molecule has 1 atom stereocenters. The molecule has 0 saturated heterocycles. The molecule has 0 radical (unpaired) electrons. The number of aliphatic imine (C=N–C) groups is 1. The number of imidazole rings is 1. The number of anilines is 1. The van der Waals surface area contributed by atoms with Crippen molar-refractivity contribution in [3.05, 3.63) is 59.8 Å². The standard InChI is InChI=1S/C24H23N5O3/c1-2-10-28-23-20(26-21(27-23)16-8-9-18-19(12-16)32-14-31-18)22-25-17(13-29(22)24(28)30)11-15-6-4-3-5-7-15/h3-9,12,17H,2,10-11,13-14H2,1H3,(H,26,27)/t17-/m1/s1. The van der Waals surface area contributed by atoms with Crippen LogP contribution in [0, 0.1) is 0 Å². The first-order valence-electron chi connectivity index (χ1n) is 10.9. The number of nitrogens with one attached hydrogen (secondary N) is 1. The van der Waals surface area contributed by atoms with Gasteiger partial charge >= 0.3 is 6.03 Å². The highest BCUT2D eigenvalue weighted by molar-refractivity contribution is 6.18. The predicted molar refractivity (Wildman–Crippen MR) is 120 cm³/mol. The van der Waals surface area contributed by atoms with Crippen molar-refractivity contribution in [2.24, 2.45) is 4.99 Å². The summed E-state index contributed by atoms with van der Waals surface area (Å²) in [5, 5.41) is 0. The zero-order chi connectivity index (χ0) is 21.7. The number of amidine groups is 1. The largest absolute Gasteiger partial charge is 0.454 e. The molecule has 2 amide bonds. The average Bonchev–Trinajstić information content (AvgIpc) is 3.54. The van der Waals surface area contributed by atoms with E-state index >= 15 is 0 Å². The second kappa shape index (κ2) is 7.40. The SMILES string of the molecule is CCCN1C(=O)N2C[C@@H](Cc3ccccc3)N=C2c2[nH]c(-c3ccc4c(c3)OCO4)nc21. The molecular weight excluding hydrogens is 406 g/mol. The molecule has 3 aliphatic rings. The topological polar surface area (TPSA) is 83.1 Å². The fourth-order valence-corrected chi connectivity index (χ4v) is 4.50. The number of aromatic nitrogens is 2. The molecule has 1 aromatic heterocycles. The Morgan fingerprint density at radius 1 is 1.12 bits per heavy atom. The number of nitrogens with zero attached hydrogens (tertiary/aromatic N) is 4. The van der Waals surface area contributed by atoms with Crippen LogP contribution >= 0.6 is 0 Å². The quantitative estimate of drug-likeness (QED) is 0.668. The Morgan fingerprint density at radius 3 is 2.81 bits per heavy atom. The van der Waals surface area contributed by atoms with Crippen molar-refractivity contribution in [1.82, 2.24) is 14.9 Å². The Bertz CT molecular complexity index is 1220. The maximum absolute atomic E-state index is 13.3. The van der Waals surface area contributed by atoms with Gasteiger partial charge in [0.25, 0.3) is 0 Å². The summed E-state index contributed by atoms with van der Waals surface area (Å²) in [5.74, 6) is 3.42. The molecule has 3 aromatic rings. The van der Waals surface area contributed by atoms with Gasteiger partial charge in [-0.2, -0.15) is 0 Å². The summed E-state index contributed by atoms with van der Waals surface area (Å²) < 4.78 is 10.9. The predicted octanol–water partition coefficient (Wildman–Crippen LogP) is 3.83. The number of hydrogen-bond acceptors (Lipinski definition) is 5. The second-order valence-corrected chi connectivity index (χ2v) is 8.19. The number of fused-ring (bicyclic) bond motifs is 4. The molecular formula is C24H23N5O3. The van der Waals surface area contributed by atoms with E-state index in [1.54, 1.807) is 9.80 Å². The number of aromatic amines is 1. The third-order valence-corrected chi connectivity index (χ3v) is 5.99. The van der Waals surface area contributed by atoms with Crippen LogP contribution in [0.3, 0.4) is 0 Å². The van der Waals surface area contributed by atoms with Crippen LogP contribution in [0.15, 0.2) is 53.5 Å². The van der Waals surface area contributed by atoms with E-state index in [9.17, 15) is 4.79 Å². The molecule has 1 N–H and O–H groups in total. The first-order valence-corrected chi connectivity index (χ1v) is 10.9. The van der Waals surface area contributed by atoms with Crippen molar-refractivity contribution in [2.75, 3.05) is 24.8 Å². The first kappa shape index (κ1) is 18.9. The minimum Gasteiger partial charge on any atom is -0.454 e. The molecule has 0 bridgehead atoms. The third-order valence-electron chi connectivity index (χ3n) is 5.99. The maximum Gasteiger partial charge on any atom is 0.331 e. The Kier molecular flexibility index (Phi) is 4.38. The molecule has 32 heavy (non-hydrogen) atoms. The highest BCUT2D eigenvalue weighted by Crippen LogP contribution is 2.38. The van der Waals surface area contributed by atoms with Crippen molar-refractivity contribution in [3.8, 4) is 22.9 Å². The van der Waals surface area contributed by atoms with E-state index in [-0.39, 0.29) is 18.9 Å². The van der Waals surface area contributed by atoms with Gasteiger partial charge in [0.2, 0.25) is 6.79 Å². The molecule has 0 saturated carbocycles. The molecule has 162 valence electrons. The first-order chi connectivity index (χ1) is 15.7. The van der Waals surface area contributed by atoms with Crippen molar-refractivity contribution in [1.29, 1.82) is 0 Å². The van der Waals surface area contributed by atoms with Gasteiger partial charge < -0.3 is 14.5 Å². The summed E-state index contributed by atoms with van der Waals surface area (Å²) in [4.78, 5) is 30.1. The molecule has 0 fully saturated rings. The monoisotopic (exact) mass is 429 g/mol. The van der Waals surface area contributed by atoms with E-state index in [2.05, 4.69) is 24.0 Å². The molecule has 4 heterocycles. The normalized spacial score (nSPS) is 18.6. The van der Waals surface area contributed by atoms with Crippen LogP contribution in [0.5, 0.6) is 11.5 Å². The second-order valence-electron chi connectivity index (χ2n) is 8.19. The summed E-state index contributed by atoms with van der Waals surface area (Å²) in [6, 6.07) is 16.0. The van der Waals surface area contributed by atoms with Crippen LogP contribution in [0.1, 0.15) is 24.6 Å². The smallest absolute Gasteiger partial charge is 0.331 e. The zero-order valence-corrected chi connectivity index (χ0v) is 17.7. The molecule has 8 nitrogen and oxygen atoms in total. The fraction of sp³-hybridized carbons (Fsp3) is 0.292. The van der Waals surface area contributed by atoms with Crippen molar-refractivity contribution < 1.29 is 14.3 Å². The number of H-pyrrole nitrogens is 1. The van der Waals surface area contributed by atoms with Crippen molar-refractivity contribution >= 4 is 17.7 Å². The van der Waals surface area contributed by atoms with Gasteiger partial charge in [-0.25, -0.2) is 9.78 Å². The Labute approximate surface area is 185 Å². The average molecular weight is 429 g/mol. The lowest BCUT2D eigenvalue weighted by atomic mass is 10.1. The van der Waals surface area contributed by atoms with Gasteiger partial charge in [-0.3, -0.25) is 14.8 Å². The van der Waals surface area contributed by atoms with Crippen LogP contribution < -0.4 is 14.4 Å². The lowest BCUT2D eigenvalue weighted by Crippen LogP contribution is -2.50. The van der Waals surface area contributed by atoms with Crippen LogP contribution in [-0.4, -0.2) is 52.7 Å². The summed E-state index contributed by atoms with van der Waals surface area (Å²) in [6.07, 6.45) is 1.63. The van der Waals surface area contributed by atoms with E-state index in [1.807, 2.05) is 36.4 Å². The number of benzene rings is 2. The number of carbonyl (C=O) groups is 1. The Morgan fingerprint density at radius 2 is 1.97 bits per heavy atom. The highest BCUT2D eigenvalue weighted by Gasteiger charge is 2.42. The minimum atomic E-state index is -0.0580. The van der Waals surface area contributed by atoms with Gasteiger partial charge in [0.05, 0.1) is 12.6 Å². The molecule has 6 rings (SSSR count). The summed E-state index contributed by atoms with van der Waals surface area (Å²) in [6.45, 7) is 3.45. The number of rotatable bonds is 5. The van der Waals surface area contributed by atoms with Crippen LogP contribution in [0.2, 0.25) is 0 Å². The van der Waals surface area contributed by atoms with Gasteiger partial charge in [0, 0.05) is 12.1 Å². The molecule has 0 aliphatic carbocycles. The summed E-state index contributed by atoms with van der Waals surface area (Å²) >= 11 is 0. The van der Waals surface area contributed by atoms with Gasteiger partial charge in [-0.05, 0) is 36.6 Å². The third kappa shape index (κ3) is 3.02. The maximum atomic E-state index is 13.3. The number of hydrogen-bond donors (Lipinski definition) is 1. The lowest BCUT2D eigenvalue weighted by molar-refractivity contribution is 0.174. The number of ether oxygens (including phenoxy) is 2. The van der Waals surface area contributed by atoms with Gasteiger partial charge in [-0.15, -0.1) is 0 Å². The van der Waals surface area contributed by atoms with E-state index < -0.39 is 0 Å². The van der Waals surface area contributed by atoms with E-state index in [1.165, 1.54) is 5.56 Å². The highest BCUT2D eigenvalue weighted by atomic mass is 16.7. The van der Waals surface area contributed by atoms with E-state index in [4.69, 9.17) is 19.5 Å². The van der Waals surface area contributed by atoms with E-state index in [0.717, 1.165) is 29.8 Å². The lowest BCUT2D eigenvalue weighted by Gasteiger charge is -2.32. The van der Waals surface area contributed by atoms with Crippen LogP contribution in [0.4, 0.5) is 10.6 Å².